The summed E-state index contributed by atoms with van der Waals surface area (Å²) in [6, 6.07) is 7.74. The summed E-state index contributed by atoms with van der Waals surface area (Å²) < 4.78 is 38.3. The highest BCUT2D eigenvalue weighted by atomic mass is 35.5. The molecule has 0 unspecified atom stereocenters. The zero-order valence-corrected chi connectivity index (χ0v) is 13.6. The van der Waals surface area contributed by atoms with Crippen molar-refractivity contribution in [3.8, 4) is 0 Å². The van der Waals surface area contributed by atoms with Crippen LogP contribution in [0.3, 0.4) is 0 Å². The summed E-state index contributed by atoms with van der Waals surface area (Å²) in [5.74, 6) is 0. The summed E-state index contributed by atoms with van der Waals surface area (Å²) in [4.78, 5) is 3.68. The van der Waals surface area contributed by atoms with Gasteiger partial charge in [0, 0.05) is 0 Å². The molecular weight excluding hydrogens is 339 g/mol. The van der Waals surface area contributed by atoms with Crippen molar-refractivity contribution in [1.82, 2.24) is 10.3 Å². The topological polar surface area (TPSA) is 37.0 Å². The molecule has 1 aromatic carbocycles. The number of hydrogen-bond donors (Lipinski definition) is 2. The van der Waals surface area contributed by atoms with Crippen LogP contribution in [0.25, 0.3) is 0 Å². The van der Waals surface area contributed by atoms with Gasteiger partial charge >= 0.3 is 6.18 Å². The third-order valence-electron chi connectivity index (χ3n) is 4.03. The van der Waals surface area contributed by atoms with E-state index in [1.54, 1.807) is 6.07 Å². The normalized spacial score (nSPS) is 14.8. The minimum atomic E-state index is -4.44. The van der Waals surface area contributed by atoms with Gasteiger partial charge in [-0.05, 0) is 55.3 Å². The van der Waals surface area contributed by atoms with Gasteiger partial charge in [-0.25, -0.2) is 4.98 Å². The maximum atomic E-state index is 12.8. The Morgan fingerprint density at radius 1 is 1.12 bits per heavy atom. The predicted molar refractivity (Wildman–Crippen MR) is 88.3 cm³/mol. The first-order valence-electron chi connectivity index (χ1n) is 7.73. The van der Waals surface area contributed by atoms with Gasteiger partial charge in [0.15, 0.2) is 0 Å². The highest BCUT2D eigenvalue weighted by molar-refractivity contribution is 6.33. The second kappa shape index (κ2) is 6.99. The van der Waals surface area contributed by atoms with E-state index in [1.165, 1.54) is 11.6 Å². The first kappa shape index (κ1) is 17.0. The Balaban J connectivity index is 1.82. The van der Waals surface area contributed by atoms with Crippen molar-refractivity contribution in [2.24, 2.45) is 0 Å². The number of benzene rings is 1. The van der Waals surface area contributed by atoms with Crippen LogP contribution in [0.15, 0.2) is 30.3 Å². The quantitative estimate of drug-likeness (QED) is 0.872. The van der Waals surface area contributed by atoms with Crippen LogP contribution in [0, 0.1) is 0 Å². The smallest absolute Gasteiger partial charge is 0.378 e. The Morgan fingerprint density at radius 3 is 2.71 bits per heavy atom. The van der Waals surface area contributed by atoms with Gasteiger partial charge in [-0.3, -0.25) is 0 Å². The molecule has 3 rings (SSSR count). The SMILES string of the molecule is FC(F)(F)c1cccc(CNc2c(Cl)ccc3c2CCNCC3)n1. The first-order chi connectivity index (χ1) is 11.4. The minimum absolute atomic E-state index is 0.188. The molecule has 3 nitrogen and oxygen atoms in total. The fraction of sp³-hybridized carbons (Fsp3) is 0.353. The van der Waals surface area contributed by atoms with E-state index >= 15 is 0 Å². The summed E-state index contributed by atoms with van der Waals surface area (Å²) in [5, 5.41) is 7.08. The second-order valence-corrected chi connectivity index (χ2v) is 6.08. The van der Waals surface area contributed by atoms with Crippen LogP contribution in [0.5, 0.6) is 0 Å². The van der Waals surface area contributed by atoms with Gasteiger partial charge in [0.05, 0.1) is 22.9 Å². The molecule has 2 N–H and O–H groups in total. The van der Waals surface area contributed by atoms with Crippen LogP contribution in [-0.4, -0.2) is 18.1 Å². The molecule has 0 bridgehead atoms. The Labute approximate surface area is 143 Å². The molecular formula is C17H17ClF3N3. The van der Waals surface area contributed by atoms with E-state index in [9.17, 15) is 13.2 Å². The fourth-order valence-corrected chi connectivity index (χ4v) is 3.09. The van der Waals surface area contributed by atoms with Crippen LogP contribution < -0.4 is 10.6 Å². The maximum Gasteiger partial charge on any atom is 0.433 e. The molecule has 0 saturated heterocycles. The summed E-state index contributed by atoms with van der Waals surface area (Å²) in [6.45, 7) is 1.95. The molecule has 1 aliphatic heterocycles. The monoisotopic (exact) mass is 355 g/mol. The van der Waals surface area contributed by atoms with E-state index in [-0.39, 0.29) is 6.54 Å². The number of alkyl halides is 3. The van der Waals surface area contributed by atoms with Crippen LogP contribution in [0.1, 0.15) is 22.5 Å². The average molecular weight is 356 g/mol. The van der Waals surface area contributed by atoms with Gasteiger partial charge in [0.2, 0.25) is 0 Å². The number of hydrogen-bond acceptors (Lipinski definition) is 3. The molecule has 0 amide bonds. The third kappa shape index (κ3) is 3.82. The number of anilines is 1. The summed E-state index contributed by atoms with van der Waals surface area (Å²) in [5.41, 5.74) is 2.56. The number of fused-ring (bicyclic) bond motifs is 1. The van der Waals surface area contributed by atoms with E-state index < -0.39 is 11.9 Å². The van der Waals surface area contributed by atoms with Gasteiger partial charge in [0.25, 0.3) is 0 Å². The molecule has 0 atom stereocenters. The zero-order chi connectivity index (χ0) is 17.2. The van der Waals surface area contributed by atoms with Crippen molar-refractivity contribution in [2.45, 2.75) is 25.6 Å². The summed E-state index contributed by atoms with van der Waals surface area (Å²) in [6.07, 6.45) is -2.71. The lowest BCUT2D eigenvalue weighted by atomic mass is 10.0. The van der Waals surface area contributed by atoms with Crippen molar-refractivity contribution >= 4 is 17.3 Å². The van der Waals surface area contributed by atoms with Crippen LogP contribution in [-0.2, 0) is 25.6 Å². The molecule has 7 heteroatoms. The number of halogens is 4. The largest absolute Gasteiger partial charge is 0.433 e. The Morgan fingerprint density at radius 2 is 1.92 bits per heavy atom. The molecule has 0 fully saturated rings. The van der Waals surface area contributed by atoms with Gasteiger partial charge in [0.1, 0.15) is 5.69 Å². The molecule has 2 heterocycles. The van der Waals surface area contributed by atoms with Crippen LogP contribution in [0.4, 0.5) is 18.9 Å². The van der Waals surface area contributed by atoms with Gasteiger partial charge in [-0.1, -0.05) is 23.7 Å². The van der Waals surface area contributed by atoms with E-state index in [1.807, 2.05) is 12.1 Å². The number of nitrogens with zero attached hydrogens (tertiary/aromatic N) is 1. The standard InChI is InChI=1S/C17H17ClF3N3/c18-14-5-4-11-6-8-22-9-7-13(11)16(14)23-10-12-2-1-3-15(24-12)17(19,20)21/h1-5,22-23H,6-10H2. The molecule has 128 valence electrons. The fourth-order valence-electron chi connectivity index (χ4n) is 2.85. The van der Waals surface area contributed by atoms with Crippen LogP contribution >= 0.6 is 11.6 Å². The summed E-state index contributed by atoms with van der Waals surface area (Å²) in [7, 11) is 0. The van der Waals surface area contributed by atoms with E-state index in [0.717, 1.165) is 43.2 Å². The highest BCUT2D eigenvalue weighted by Crippen LogP contribution is 2.31. The second-order valence-electron chi connectivity index (χ2n) is 5.68. The lowest BCUT2D eigenvalue weighted by molar-refractivity contribution is -0.141. The predicted octanol–water partition coefficient (Wildman–Crippen LogP) is 4.05. The zero-order valence-electron chi connectivity index (χ0n) is 12.9. The Hall–Kier alpha value is -1.79. The molecule has 24 heavy (non-hydrogen) atoms. The number of rotatable bonds is 3. The van der Waals surface area contributed by atoms with Gasteiger partial charge < -0.3 is 10.6 Å². The van der Waals surface area contributed by atoms with Gasteiger partial charge in [-0.2, -0.15) is 13.2 Å². The summed E-state index contributed by atoms with van der Waals surface area (Å²) >= 11 is 6.30. The van der Waals surface area contributed by atoms with Crippen molar-refractivity contribution in [3.05, 3.63) is 57.9 Å². The molecule has 0 saturated carbocycles. The molecule has 1 aromatic heterocycles. The minimum Gasteiger partial charge on any atom is -0.378 e. The molecule has 0 radical (unpaired) electrons. The van der Waals surface area contributed by atoms with E-state index in [4.69, 9.17) is 11.6 Å². The highest BCUT2D eigenvalue weighted by Gasteiger charge is 2.32. The molecule has 1 aliphatic rings. The average Bonchev–Trinajstić information content (AvgIpc) is 2.79. The van der Waals surface area contributed by atoms with Crippen LogP contribution in [0.2, 0.25) is 5.02 Å². The molecule has 0 spiro atoms. The van der Waals surface area contributed by atoms with Crippen molar-refractivity contribution in [3.63, 3.8) is 0 Å². The van der Waals surface area contributed by atoms with E-state index in [2.05, 4.69) is 15.6 Å². The third-order valence-corrected chi connectivity index (χ3v) is 4.34. The Kier molecular flexibility index (Phi) is 4.96. The van der Waals surface area contributed by atoms with Gasteiger partial charge in [-0.15, -0.1) is 0 Å². The Bertz CT molecular complexity index is 732. The van der Waals surface area contributed by atoms with Crippen molar-refractivity contribution in [2.75, 3.05) is 18.4 Å². The van der Waals surface area contributed by atoms with E-state index in [0.29, 0.717) is 10.7 Å². The lowest BCUT2D eigenvalue weighted by Crippen LogP contribution is -2.16. The van der Waals surface area contributed by atoms with Crippen molar-refractivity contribution < 1.29 is 13.2 Å². The van der Waals surface area contributed by atoms with Crippen molar-refractivity contribution in [1.29, 1.82) is 0 Å². The number of nitrogens with one attached hydrogen (secondary N) is 2. The number of aromatic nitrogens is 1. The lowest BCUT2D eigenvalue weighted by Gasteiger charge is -2.16. The molecule has 2 aromatic rings. The number of pyridine rings is 1. The molecule has 0 aliphatic carbocycles. The maximum absolute atomic E-state index is 12.8. The first-order valence-corrected chi connectivity index (χ1v) is 8.11.